The fourth-order valence-corrected chi connectivity index (χ4v) is 5.10. The minimum Gasteiger partial charge on any atom is -0.355 e. The second kappa shape index (κ2) is 10.1. The maximum Gasteiger partial charge on any atom is 0.251 e. The predicted octanol–water partition coefficient (Wildman–Crippen LogP) is 2.53. The number of imidazole rings is 1. The lowest BCUT2D eigenvalue weighted by Gasteiger charge is -2.18. The van der Waals surface area contributed by atoms with Gasteiger partial charge in [0.2, 0.25) is 15.9 Å². The van der Waals surface area contributed by atoms with Gasteiger partial charge in [0.05, 0.1) is 15.9 Å². The van der Waals surface area contributed by atoms with E-state index in [0.717, 1.165) is 5.52 Å². The van der Waals surface area contributed by atoms with Crippen LogP contribution in [0.1, 0.15) is 36.5 Å². The summed E-state index contributed by atoms with van der Waals surface area (Å²) >= 11 is 0. The monoisotopic (exact) mass is 471 g/mol. The Bertz CT molecular complexity index is 1260. The van der Waals surface area contributed by atoms with Crippen LogP contribution in [0.5, 0.6) is 0 Å². The van der Waals surface area contributed by atoms with Crippen molar-refractivity contribution in [2.24, 2.45) is 7.05 Å². The van der Waals surface area contributed by atoms with E-state index in [0.29, 0.717) is 42.1 Å². The molecule has 1 heterocycles. The Morgan fingerprint density at radius 1 is 1.06 bits per heavy atom. The van der Waals surface area contributed by atoms with Crippen LogP contribution in [0.25, 0.3) is 11.0 Å². The van der Waals surface area contributed by atoms with Crippen LogP contribution in [-0.4, -0.2) is 54.2 Å². The van der Waals surface area contributed by atoms with E-state index in [4.69, 9.17) is 0 Å². The summed E-state index contributed by atoms with van der Waals surface area (Å²) in [7, 11) is -0.167. The lowest BCUT2D eigenvalue weighted by atomic mass is 10.2. The molecule has 10 heteroatoms. The molecule has 33 heavy (non-hydrogen) atoms. The maximum absolute atomic E-state index is 12.8. The average Bonchev–Trinajstić information content (AvgIpc) is 3.13. The molecule has 0 fully saturated rings. The molecule has 2 amide bonds. The highest BCUT2D eigenvalue weighted by atomic mass is 32.2. The Morgan fingerprint density at radius 3 is 2.33 bits per heavy atom. The molecule has 2 aromatic carbocycles. The molecule has 0 aliphatic heterocycles. The number of sulfonamides is 1. The first kappa shape index (κ1) is 24.4. The van der Waals surface area contributed by atoms with E-state index >= 15 is 0 Å². The first-order chi connectivity index (χ1) is 15.7. The third kappa shape index (κ3) is 5.23. The number of anilines is 1. The number of aromatic nitrogens is 2. The SMILES string of the molecule is CCN(CC)S(=O)(=O)c1ccc2c(c1)nc(CCC(=O)Nc1ccc(C(=O)NC)cc1)n2C. The summed E-state index contributed by atoms with van der Waals surface area (Å²) in [6, 6.07) is 11.6. The van der Waals surface area contributed by atoms with Crippen molar-refractivity contribution in [3.63, 3.8) is 0 Å². The van der Waals surface area contributed by atoms with Crippen molar-refractivity contribution in [1.82, 2.24) is 19.2 Å². The summed E-state index contributed by atoms with van der Waals surface area (Å²) in [6.07, 6.45) is 0.602. The maximum atomic E-state index is 12.8. The molecule has 2 N–H and O–H groups in total. The number of benzene rings is 2. The molecular formula is C23H29N5O4S. The third-order valence-electron chi connectivity index (χ3n) is 5.52. The van der Waals surface area contributed by atoms with Crippen LogP contribution in [-0.2, 0) is 28.3 Å². The zero-order valence-electron chi connectivity index (χ0n) is 19.3. The highest BCUT2D eigenvalue weighted by molar-refractivity contribution is 7.89. The predicted molar refractivity (Wildman–Crippen MR) is 128 cm³/mol. The Kier molecular flexibility index (Phi) is 7.50. The molecule has 0 atom stereocenters. The standard InChI is InChI=1S/C23H29N5O4S/c1-5-28(6-2)33(31,32)18-11-12-20-19(15-18)26-21(27(20)4)13-14-22(29)25-17-9-7-16(8-10-17)23(30)24-3/h7-12,15H,5-6,13-14H2,1-4H3,(H,24,30)(H,25,29). The van der Waals surface area contributed by atoms with E-state index in [9.17, 15) is 18.0 Å². The molecule has 0 radical (unpaired) electrons. The first-order valence-electron chi connectivity index (χ1n) is 10.8. The number of hydrogen-bond donors (Lipinski definition) is 2. The summed E-state index contributed by atoms with van der Waals surface area (Å²) in [5.74, 6) is 0.315. The summed E-state index contributed by atoms with van der Waals surface area (Å²) < 4.78 is 28.9. The zero-order valence-corrected chi connectivity index (χ0v) is 20.1. The summed E-state index contributed by atoms with van der Waals surface area (Å²) in [6.45, 7) is 4.40. The Morgan fingerprint density at radius 2 is 1.73 bits per heavy atom. The average molecular weight is 472 g/mol. The number of nitrogens with one attached hydrogen (secondary N) is 2. The molecule has 0 unspecified atom stereocenters. The second-order valence-corrected chi connectivity index (χ2v) is 9.47. The van der Waals surface area contributed by atoms with Gasteiger partial charge in [-0.2, -0.15) is 4.31 Å². The summed E-state index contributed by atoms with van der Waals surface area (Å²) in [4.78, 5) is 28.8. The van der Waals surface area contributed by atoms with Crippen molar-refractivity contribution in [1.29, 1.82) is 0 Å². The first-order valence-corrected chi connectivity index (χ1v) is 12.2. The van der Waals surface area contributed by atoms with Gasteiger partial charge in [0.25, 0.3) is 5.91 Å². The van der Waals surface area contributed by atoms with Gasteiger partial charge in [0.15, 0.2) is 0 Å². The van der Waals surface area contributed by atoms with Crippen molar-refractivity contribution in [2.45, 2.75) is 31.6 Å². The summed E-state index contributed by atoms with van der Waals surface area (Å²) in [5.41, 5.74) is 2.49. The Labute approximate surface area is 193 Å². The molecule has 0 aliphatic rings. The van der Waals surface area contributed by atoms with Gasteiger partial charge in [-0.15, -0.1) is 0 Å². The number of fused-ring (bicyclic) bond motifs is 1. The van der Waals surface area contributed by atoms with Gasteiger partial charge in [0, 0.05) is 51.3 Å². The number of amides is 2. The molecular weight excluding hydrogens is 442 g/mol. The van der Waals surface area contributed by atoms with Crippen molar-refractivity contribution in [3.05, 3.63) is 53.9 Å². The largest absolute Gasteiger partial charge is 0.355 e. The lowest BCUT2D eigenvalue weighted by molar-refractivity contribution is -0.116. The van der Waals surface area contributed by atoms with Crippen LogP contribution in [0.15, 0.2) is 47.4 Å². The number of carbonyl (C=O) groups is 2. The van der Waals surface area contributed by atoms with E-state index in [2.05, 4.69) is 15.6 Å². The fraction of sp³-hybridized carbons (Fsp3) is 0.348. The van der Waals surface area contributed by atoms with Crippen LogP contribution >= 0.6 is 0 Å². The van der Waals surface area contributed by atoms with Crippen LogP contribution in [0.3, 0.4) is 0 Å². The highest BCUT2D eigenvalue weighted by Gasteiger charge is 2.22. The molecule has 1 aromatic heterocycles. The summed E-state index contributed by atoms with van der Waals surface area (Å²) in [5, 5.41) is 5.36. The van der Waals surface area contributed by atoms with Crippen LogP contribution in [0, 0.1) is 0 Å². The van der Waals surface area contributed by atoms with Crippen molar-refractivity contribution >= 4 is 38.6 Å². The molecule has 0 saturated carbocycles. The minimum atomic E-state index is -3.57. The van der Waals surface area contributed by atoms with Gasteiger partial charge in [-0.25, -0.2) is 13.4 Å². The minimum absolute atomic E-state index is 0.181. The quantitative estimate of drug-likeness (QED) is 0.498. The van der Waals surface area contributed by atoms with Gasteiger partial charge in [-0.05, 0) is 42.5 Å². The number of rotatable bonds is 9. The zero-order chi connectivity index (χ0) is 24.2. The molecule has 0 bridgehead atoms. The molecule has 0 aliphatic carbocycles. The molecule has 9 nitrogen and oxygen atoms in total. The number of nitrogens with zero attached hydrogens (tertiary/aromatic N) is 3. The van der Waals surface area contributed by atoms with Gasteiger partial charge in [-0.3, -0.25) is 9.59 Å². The van der Waals surface area contributed by atoms with Gasteiger partial charge >= 0.3 is 0 Å². The van der Waals surface area contributed by atoms with E-state index in [1.54, 1.807) is 63.4 Å². The molecule has 3 rings (SSSR count). The Hall–Kier alpha value is -3.24. The lowest BCUT2D eigenvalue weighted by Crippen LogP contribution is -2.30. The van der Waals surface area contributed by atoms with Crippen LogP contribution in [0.2, 0.25) is 0 Å². The van der Waals surface area contributed by atoms with Gasteiger partial charge in [0.1, 0.15) is 5.82 Å². The van der Waals surface area contributed by atoms with Crippen LogP contribution < -0.4 is 10.6 Å². The Balaban J connectivity index is 1.71. The van der Waals surface area contributed by atoms with E-state index in [1.165, 1.54) is 4.31 Å². The molecule has 0 saturated heterocycles. The molecule has 0 spiro atoms. The topological polar surface area (TPSA) is 113 Å². The van der Waals surface area contributed by atoms with Gasteiger partial charge in [-0.1, -0.05) is 13.8 Å². The number of aryl methyl sites for hydroxylation is 2. The van der Waals surface area contributed by atoms with Gasteiger partial charge < -0.3 is 15.2 Å². The van der Waals surface area contributed by atoms with Crippen molar-refractivity contribution in [3.8, 4) is 0 Å². The van der Waals surface area contributed by atoms with E-state index in [1.807, 2.05) is 11.6 Å². The number of hydrogen-bond acceptors (Lipinski definition) is 5. The van der Waals surface area contributed by atoms with Crippen molar-refractivity contribution < 1.29 is 18.0 Å². The molecule has 3 aromatic rings. The van der Waals surface area contributed by atoms with E-state index < -0.39 is 10.0 Å². The fourth-order valence-electron chi connectivity index (χ4n) is 3.62. The normalized spacial score (nSPS) is 11.7. The highest BCUT2D eigenvalue weighted by Crippen LogP contribution is 2.23. The van der Waals surface area contributed by atoms with E-state index in [-0.39, 0.29) is 23.1 Å². The second-order valence-electron chi connectivity index (χ2n) is 7.53. The smallest absolute Gasteiger partial charge is 0.251 e. The number of carbonyl (C=O) groups excluding carboxylic acids is 2. The van der Waals surface area contributed by atoms with Crippen molar-refractivity contribution in [2.75, 3.05) is 25.5 Å². The van der Waals surface area contributed by atoms with Crippen LogP contribution in [0.4, 0.5) is 5.69 Å². The molecule has 176 valence electrons. The third-order valence-corrected chi connectivity index (χ3v) is 7.57.